The molecule has 1 aromatic heterocycles. The number of oxime groups is 1. The molecule has 0 aliphatic carbocycles. The minimum Gasteiger partial charge on any atom is -0.456 e. The van der Waals surface area contributed by atoms with Crippen molar-refractivity contribution in [3.8, 4) is 0 Å². The van der Waals surface area contributed by atoms with E-state index in [0.717, 1.165) is 12.2 Å². The van der Waals surface area contributed by atoms with Gasteiger partial charge in [-0.3, -0.25) is 4.79 Å². The minimum atomic E-state index is -0.265. The van der Waals surface area contributed by atoms with E-state index < -0.39 is 0 Å². The first-order valence-electron chi connectivity index (χ1n) is 5.46. The van der Waals surface area contributed by atoms with E-state index in [0.29, 0.717) is 6.54 Å². The molecule has 0 fully saturated rings. The normalized spacial score (nSPS) is 11.5. The highest BCUT2D eigenvalue weighted by molar-refractivity contribution is 5.94. The average molecular weight is 239 g/mol. The Balaban J connectivity index is 2.78. The SMILES string of the molecule is CCc1ccc(C(=O)N(CC)CC(N)=NO)o1. The Morgan fingerprint density at radius 1 is 1.53 bits per heavy atom. The molecule has 6 nitrogen and oxygen atoms in total. The molecule has 0 aromatic carbocycles. The van der Waals surface area contributed by atoms with Gasteiger partial charge in [0.2, 0.25) is 0 Å². The fraction of sp³-hybridized carbons (Fsp3) is 0.455. The summed E-state index contributed by atoms with van der Waals surface area (Å²) in [5, 5.41) is 11.3. The lowest BCUT2D eigenvalue weighted by atomic mass is 10.3. The van der Waals surface area contributed by atoms with Crippen molar-refractivity contribution in [3.63, 3.8) is 0 Å². The third-order valence-electron chi connectivity index (χ3n) is 2.37. The van der Waals surface area contributed by atoms with Gasteiger partial charge in [0.1, 0.15) is 5.76 Å². The number of carbonyl (C=O) groups is 1. The summed E-state index contributed by atoms with van der Waals surface area (Å²) in [6.45, 7) is 4.29. The molecule has 1 aromatic rings. The fourth-order valence-corrected chi connectivity index (χ4v) is 1.39. The number of hydrogen-bond acceptors (Lipinski definition) is 4. The molecule has 6 heteroatoms. The molecule has 0 radical (unpaired) electrons. The summed E-state index contributed by atoms with van der Waals surface area (Å²) in [4.78, 5) is 13.4. The molecule has 0 unspecified atom stereocenters. The Morgan fingerprint density at radius 2 is 2.24 bits per heavy atom. The first-order valence-corrected chi connectivity index (χ1v) is 5.46. The van der Waals surface area contributed by atoms with Crippen molar-refractivity contribution < 1.29 is 14.4 Å². The molecule has 1 heterocycles. The maximum absolute atomic E-state index is 12.0. The van der Waals surface area contributed by atoms with Crippen LogP contribution in [-0.4, -0.2) is 34.9 Å². The van der Waals surface area contributed by atoms with Gasteiger partial charge in [0.05, 0.1) is 6.54 Å². The maximum Gasteiger partial charge on any atom is 0.289 e. The van der Waals surface area contributed by atoms with E-state index in [1.54, 1.807) is 12.1 Å². The van der Waals surface area contributed by atoms with Crippen LogP contribution in [0.25, 0.3) is 0 Å². The highest BCUT2D eigenvalue weighted by atomic mass is 16.4. The molecular weight excluding hydrogens is 222 g/mol. The van der Waals surface area contributed by atoms with Crippen LogP contribution in [-0.2, 0) is 6.42 Å². The van der Waals surface area contributed by atoms with Crippen LogP contribution in [0.4, 0.5) is 0 Å². The van der Waals surface area contributed by atoms with Crippen molar-refractivity contribution in [2.75, 3.05) is 13.1 Å². The van der Waals surface area contributed by atoms with E-state index in [1.807, 2.05) is 13.8 Å². The van der Waals surface area contributed by atoms with Gasteiger partial charge in [-0.15, -0.1) is 0 Å². The smallest absolute Gasteiger partial charge is 0.289 e. The van der Waals surface area contributed by atoms with Gasteiger partial charge in [-0.25, -0.2) is 0 Å². The van der Waals surface area contributed by atoms with Gasteiger partial charge in [0, 0.05) is 13.0 Å². The number of nitrogens with zero attached hydrogens (tertiary/aromatic N) is 2. The van der Waals surface area contributed by atoms with E-state index in [1.165, 1.54) is 4.90 Å². The minimum absolute atomic E-state index is 0.0116. The average Bonchev–Trinajstić information content (AvgIpc) is 2.83. The molecule has 0 saturated heterocycles. The van der Waals surface area contributed by atoms with Crippen molar-refractivity contribution >= 4 is 11.7 Å². The zero-order valence-electron chi connectivity index (χ0n) is 10.0. The number of rotatable bonds is 5. The van der Waals surface area contributed by atoms with E-state index in [-0.39, 0.29) is 24.0 Å². The fourth-order valence-electron chi connectivity index (χ4n) is 1.39. The number of furan rings is 1. The molecule has 0 saturated carbocycles. The molecule has 0 spiro atoms. The van der Waals surface area contributed by atoms with Crippen molar-refractivity contribution in [2.24, 2.45) is 10.9 Å². The van der Waals surface area contributed by atoms with Gasteiger partial charge in [-0.2, -0.15) is 0 Å². The van der Waals surface area contributed by atoms with Crippen LogP contribution >= 0.6 is 0 Å². The standard InChI is InChI=1S/C11H17N3O3/c1-3-8-5-6-9(17-8)11(15)14(4-2)7-10(12)13-16/h5-6,16H,3-4,7H2,1-2H3,(H2,12,13). The molecular formula is C11H17N3O3. The van der Waals surface area contributed by atoms with Gasteiger partial charge in [-0.05, 0) is 19.1 Å². The summed E-state index contributed by atoms with van der Waals surface area (Å²) >= 11 is 0. The van der Waals surface area contributed by atoms with Crippen molar-refractivity contribution in [2.45, 2.75) is 20.3 Å². The van der Waals surface area contributed by atoms with Crippen LogP contribution < -0.4 is 5.73 Å². The number of amidine groups is 1. The maximum atomic E-state index is 12.0. The Labute approximate surface area is 99.7 Å². The number of likely N-dealkylation sites (N-methyl/N-ethyl adjacent to an activating group) is 1. The Morgan fingerprint density at radius 3 is 2.71 bits per heavy atom. The highest BCUT2D eigenvalue weighted by Crippen LogP contribution is 2.11. The predicted octanol–water partition coefficient (Wildman–Crippen LogP) is 1.05. The van der Waals surface area contributed by atoms with Crippen LogP contribution in [0.3, 0.4) is 0 Å². The molecule has 0 aliphatic rings. The van der Waals surface area contributed by atoms with E-state index >= 15 is 0 Å². The third-order valence-corrected chi connectivity index (χ3v) is 2.37. The lowest BCUT2D eigenvalue weighted by Gasteiger charge is -2.18. The number of hydrogen-bond donors (Lipinski definition) is 2. The number of amides is 1. The van der Waals surface area contributed by atoms with Crippen molar-refractivity contribution in [1.82, 2.24) is 4.90 Å². The second-order valence-electron chi connectivity index (χ2n) is 3.53. The molecule has 0 aliphatic heterocycles. The van der Waals surface area contributed by atoms with Crippen LogP contribution in [0.2, 0.25) is 0 Å². The van der Waals surface area contributed by atoms with Gasteiger partial charge in [0.15, 0.2) is 11.6 Å². The molecule has 17 heavy (non-hydrogen) atoms. The van der Waals surface area contributed by atoms with Crippen molar-refractivity contribution in [1.29, 1.82) is 0 Å². The molecule has 1 rings (SSSR count). The van der Waals surface area contributed by atoms with Crippen LogP contribution in [0, 0.1) is 0 Å². The second-order valence-corrected chi connectivity index (χ2v) is 3.53. The topological polar surface area (TPSA) is 92.1 Å². The Bertz CT molecular complexity index is 412. The predicted molar refractivity (Wildman–Crippen MR) is 63.1 cm³/mol. The lowest BCUT2D eigenvalue weighted by molar-refractivity contribution is 0.0752. The summed E-state index contributed by atoms with van der Waals surface area (Å²) in [6, 6.07) is 3.40. The van der Waals surface area contributed by atoms with Crippen LogP contribution in [0.1, 0.15) is 30.2 Å². The molecule has 94 valence electrons. The Hall–Kier alpha value is -1.98. The van der Waals surface area contributed by atoms with Crippen molar-refractivity contribution in [3.05, 3.63) is 23.7 Å². The Kier molecular flexibility index (Phi) is 4.56. The van der Waals surface area contributed by atoms with E-state index in [2.05, 4.69) is 5.16 Å². The molecule has 3 N–H and O–H groups in total. The molecule has 0 atom stereocenters. The van der Waals surface area contributed by atoms with Crippen LogP contribution in [0.15, 0.2) is 21.7 Å². The summed E-state index contributed by atoms with van der Waals surface area (Å²) in [6.07, 6.45) is 0.736. The van der Waals surface area contributed by atoms with Gasteiger partial charge >= 0.3 is 0 Å². The molecule has 1 amide bonds. The quantitative estimate of drug-likeness (QED) is 0.347. The largest absolute Gasteiger partial charge is 0.456 e. The van der Waals surface area contributed by atoms with E-state index in [9.17, 15) is 4.79 Å². The lowest BCUT2D eigenvalue weighted by Crippen LogP contribution is -2.38. The number of carbonyl (C=O) groups excluding carboxylic acids is 1. The zero-order chi connectivity index (χ0) is 12.8. The highest BCUT2D eigenvalue weighted by Gasteiger charge is 2.18. The van der Waals surface area contributed by atoms with Gasteiger partial charge < -0.3 is 20.3 Å². The summed E-state index contributed by atoms with van der Waals surface area (Å²) in [5.74, 6) is 0.754. The van der Waals surface area contributed by atoms with Crippen LogP contribution in [0.5, 0.6) is 0 Å². The van der Waals surface area contributed by atoms with E-state index in [4.69, 9.17) is 15.4 Å². The van der Waals surface area contributed by atoms with Gasteiger partial charge in [0.25, 0.3) is 5.91 Å². The second kappa shape index (κ2) is 5.93. The summed E-state index contributed by atoms with van der Waals surface area (Å²) in [7, 11) is 0. The first kappa shape index (κ1) is 13.1. The molecule has 0 bridgehead atoms. The number of nitrogens with two attached hydrogens (primary N) is 1. The zero-order valence-corrected chi connectivity index (χ0v) is 10.0. The summed E-state index contributed by atoms with van der Waals surface area (Å²) < 4.78 is 5.36. The summed E-state index contributed by atoms with van der Waals surface area (Å²) in [5.41, 5.74) is 5.37. The first-order chi connectivity index (χ1) is 8.12. The monoisotopic (exact) mass is 239 g/mol. The van der Waals surface area contributed by atoms with Gasteiger partial charge in [-0.1, -0.05) is 12.1 Å². The number of aryl methyl sites for hydroxylation is 1. The third kappa shape index (κ3) is 3.24.